The first kappa shape index (κ1) is 18.5. The van der Waals surface area contributed by atoms with Crippen molar-refractivity contribution < 1.29 is 14.4 Å². The Morgan fingerprint density at radius 1 is 0.800 bits per heavy atom. The van der Waals surface area contributed by atoms with Crippen LogP contribution >= 0.6 is 0 Å². The molecule has 5 N–H and O–H groups in total. The van der Waals surface area contributed by atoms with E-state index in [0.717, 1.165) is 18.5 Å². The average Bonchev–Trinajstić information content (AvgIpc) is 2.94. The number of carbonyl (C=O) groups is 3. The third-order valence-corrected chi connectivity index (χ3v) is 4.26. The Morgan fingerprint density at radius 3 is 2.10 bits per heavy atom. The summed E-state index contributed by atoms with van der Waals surface area (Å²) in [6, 6.07) is 3.60. The van der Waals surface area contributed by atoms with Gasteiger partial charge in [-0.3, -0.25) is 33.9 Å². The molecule has 0 saturated carbocycles. The Balaban J connectivity index is 1.68. The normalized spacial score (nSPS) is 12.7. The topological polar surface area (TPSA) is 198 Å². The van der Waals surface area contributed by atoms with E-state index in [-0.39, 0.29) is 28.1 Å². The number of imide groups is 1. The van der Waals surface area contributed by atoms with Crippen LogP contribution in [0.5, 0.6) is 0 Å². The van der Waals surface area contributed by atoms with Crippen LogP contribution in [-0.4, -0.2) is 37.7 Å². The summed E-state index contributed by atoms with van der Waals surface area (Å²) >= 11 is 0. The van der Waals surface area contributed by atoms with Gasteiger partial charge < -0.3 is 15.3 Å². The molecule has 30 heavy (non-hydrogen) atoms. The van der Waals surface area contributed by atoms with Crippen molar-refractivity contribution in [3.8, 4) is 0 Å². The Kier molecular flexibility index (Phi) is 4.12. The fraction of sp³-hybridized carbons (Fsp3) is 0. The van der Waals surface area contributed by atoms with Crippen molar-refractivity contribution in [2.24, 2.45) is 0 Å². The van der Waals surface area contributed by atoms with Gasteiger partial charge in [-0.15, -0.1) is 0 Å². The predicted octanol–water partition coefficient (Wildman–Crippen LogP) is -1.51. The lowest BCUT2D eigenvalue weighted by Crippen LogP contribution is -2.36. The maximum absolute atomic E-state index is 12.7. The quantitative estimate of drug-likeness (QED) is 0.323. The number of anilines is 2. The number of benzene rings is 1. The summed E-state index contributed by atoms with van der Waals surface area (Å²) in [5.74, 6) is -2.46. The molecule has 3 amide bonds. The number of hydrogen-bond donors (Lipinski definition) is 5. The summed E-state index contributed by atoms with van der Waals surface area (Å²) in [5, 5.41) is 2.27. The standard InChI is InChI=1S/C17H10N6O7/c24-11(20-9-4-18-16(29)21-12(9)25)6-1-2-7-8(3-6)15(28)23(14(7)27)10-5-19-17(30)22-13(10)26/h1-5H,(H,20,24)(H2,18,21,25,29)(H2,19,22,26,30). The van der Waals surface area contributed by atoms with Gasteiger partial charge in [-0.05, 0) is 18.2 Å². The number of nitrogens with one attached hydrogen (secondary N) is 5. The number of fused-ring (bicyclic) bond motifs is 1. The van der Waals surface area contributed by atoms with E-state index < -0.39 is 40.2 Å². The molecule has 0 atom stereocenters. The van der Waals surface area contributed by atoms with Crippen molar-refractivity contribution >= 4 is 29.1 Å². The Bertz CT molecular complexity index is 1470. The van der Waals surface area contributed by atoms with Gasteiger partial charge in [-0.2, -0.15) is 0 Å². The molecule has 0 bridgehead atoms. The van der Waals surface area contributed by atoms with E-state index in [1.54, 1.807) is 0 Å². The Labute approximate surface area is 163 Å². The van der Waals surface area contributed by atoms with Crippen LogP contribution in [0.3, 0.4) is 0 Å². The minimum atomic E-state index is -0.941. The average molecular weight is 410 g/mol. The molecule has 13 nitrogen and oxygen atoms in total. The maximum atomic E-state index is 12.7. The maximum Gasteiger partial charge on any atom is 0.325 e. The highest BCUT2D eigenvalue weighted by Gasteiger charge is 2.38. The van der Waals surface area contributed by atoms with Crippen LogP contribution in [0.15, 0.2) is 49.8 Å². The van der Waals surface area contributed by atoms with Gasteiger partial charge in [0.1, 0.15) is 11.4 Å². The molecule has 0 unspecified atom stereocenters. The first-order valence-corrected chi connectivity index (χ1v) is 8.24. The number of H-pyrrole nitrogens is 4. The minimum Gasteiger partial charge on any atom is -0.316 e. The molecule has 1 aliphatic rings. The first-order valence-electron chi connectivity index (χ1n) is 8.24. The van der Waals surface area contributed by atoms with E-state index in [2.05, 4.69) is 15.3 Å². The van der Waals surface area contributed by atoms with Gasteiger partial charge in [0, 0.05) is 18.0 Å². The first-order chi connectivity index (χ1) is 14.3. The summed E-state index contributed by atoms with van der Waals surface area (Å²) in [6.45, 7) is 0. The second-order valence-corrected chi connectivity index (χ2v) is 6.10. The smallest absolute Gasteiger partial charge is 0.316 e. The van der Waals surface area contributed by atoms with E-state index >= 15 is 0 Å². The van der Waals surface area contributed by atoms with Crippen LogP contribution in [0, 0.1) is 0 Å². The summed E-state index contributed by atoms with van der Waals surface area (Å²) in [5.41, 5.74) is -4.20. The SMILES string of the molecule is O=C(Nc1c[nH]c(=O)[nH]c1=O)c1ccc2c(c1)C(=O)N(c1c[nH]c(=O)[nH]c1=O)C2=O. The van der Waals surface area contributed by atoms with Crippen molar-refractivity contribution in [1.82, 2.24) is 19.9 Å². The molecule has 150 valence electrons. The third kappa shape index (κ3) is 2.95. The van der Waals surface area contributed by atoms with Crippen molar-refractivity contribution in [3.63, 3.8) is 0 Å². The zero-order valence-electron chi connectivity index (χ0n) is 14.7. The molecular formula is C17H10N6O7. The van der Waals surface area contributed by atoms with Crippen LogP contribution < -0.4 is 32.7 Å². The van der Waals surface area contributed by atoms with Crippen LogP contribution in [0.25, 0.3) is 0 Å². The van der Waals surface area contributed by atoms with Crippen molar-refractivity contribution in [1.29, 1.82) is 0 Å². The molecule has 0 fully saturated rings. The molecule has 4 rings (SSSR count). The number of hydrogen-bond acceptors (Lipinski definition) is 7. The number of aromatic nitrogens is 4. The molecule has 0 saturated heterocycles. The van der Waals surface area contributed by atoms with Gasteiger partial charge in [0.2, 0.25) is 0 Å². The lowest BCUT2D eigenvalue weighted by Gasteiger charge is -2.11. The summed E-state index contributed by atoms with van der Waals surface area (Å²) < 4.78 is 0. The largest absolute Gasteiger partial charge is 0.325 e. The van der Waals surface area contributed by atoms with Crippen molar-refractivity contribution in [2.75, 3.05) is 10.2 Å². The zero-order chi connectivity index (χ0) is 21.6. The molecule has 1 aliphatic heterocycles. The lowest BCUT2D eigenvalue weighted by atomic mass is 10.1. The van der Waals surface area contributed by atoms with Crippen LogP contribution in [0.4, 0.5) is 11.4 Å². The number of rotatable bonds is 3. The second kappa shape index (κ2) is 6.66. The van der Waals surface area contributed by atoms with E-state index in [0.29, 0.717) is 4.90 Å². The van der Waals surface area contributed by atoms with Gasteiger partial charge in [-0.1, -0.05) is 0 Å². The Hall–Kier alpha value is -4.81. The molecule has 1 aromatic carbocycles. The number of amides is 3. The molecule has 0 spiro atoms. The van der Waals surface area contributed by atoms with E-state index in [1.807, 2.05) is 9.97 Å². The fourth-order valence-electron chi connectivity index (χ4n) is 2.87. The van der Waals surface area contributed by atoms with Crippen LogP contribution in [0.2, 0.25) is 0 Å². The fourth-order valence-corrected chi connectivity index (χ4v) is 2.87. The summed E-state index contributed by atoms with van der Waals surface area (Å²) in [4.78, 5) is 92.4. The van der Waals surface area contributed by atoms with Crippen LogP contribution in [0.1, 0.15) is 31.1 Å². The second-order valence-electron chi connectivity index (χ2n) is 6.10. The lowest BCUT2D eigenvalue weighted by molar-refractivity contribution is 0.0924. The Morgan fingerprint density at radius 2 is 1.43 bits per heavy atom. The molecule has 0 radical (unpaired) electrons. The number of aromatic amines is 4. The van der Waals surface area contributed by atoms with E-state index in [9.17, 15) is 33.6 Å². The summed E-state index contributed by atoms with van der Waals surface area (Å²) in [6.07, 6.45) is 1.93. The highest BCUT2D eigenvalue weighted by Crippen LogP contribution is 2.27. The van der Waals surface area contributed by atoms with Gasteiger partial charge in [0.25, 0.3) is 28.8 Å². The molecule has 3 heterocycles. The van der Waals surface area contributed by atoms with Crippen molar-refractivity contribution in [2.45, 2.75) is 0 Å². The molecular weight excluding hydrogens is 400 g/mol. The van der Waals surface area contributed by atoms with Gasteiger partial charge in [0.15, 0.2) is 0 Å². The summed E-state index contributed by atoms with van der Waals surface area (Å²) in [7, 11) is 0. The van der Waals surface area contributed by atoms with Crippen LogP contribution in [-0.2, 0) is 0 Å². The van der Waals surface area contributed by atoms with Gasteiger partial charge >= 0.3 is 11.4 Å². The highest BCUT2D eigenvalue weighted by atomic mass is 16.2. The zero-order valence-corrected chi connectivity index (χ0v) is 14.7. The molecule has 0 aliphatic carbocycles. The predicted molar refractivity (Wildman–Crippen MR) is 101 cm³/mol. The number of carbonyl (C=O) groups excluding carboxylic acids is 3. The molecule has 3 aromatic rings. The van der Waals surface area contributed by atoms with Gasteiger partial charge in [-0.25, -0.2) is 14.5 Å². The highest BCUT2D eigenvalue weighted by molar-refractivity contribution is 6.34. The monoisotopic (exact) mass is 410 g/mol. The van der Waals surface area contributed by atoms with Gasteiger partial charge in [0.05, 0.1) is 11.1 Å². The molecule has 13 heteroatoms. The number of nitrogens with zero attached hydrogens (tertiary/aromatic N) is 1. The van der Waals surface area contributed by atoms with E-state index in [1.165, 1.54) is 12.1 Å². The third-order valence-electron chi connectivity index (χ3n) is 4.26. The minimum absolute atomic E-state index is 0.0518. The van der Waals surface area contributed by atoms with E-state index in [4.69, 9.17) is 0 Å². The van der Waals surface area contributed by atoms with Crippen molar-refractivity contribution in [3.05, 3.63) is 89.0 Å². The molecule has 2 aromatic heterocycles.